The lowest BCUT2D eigenvalue weighted by Gasteiger charge is -2.33. The molecule has 2 atom stereocenters. The number of para-hydroxylation sites is 1. The summed E-state index contributed by atoms with van der Waals surface area (Å²) in [6.45, 7) is 1.62. The summed E-state index contributed by atoms with van der Waals surface area (Å²) in [5.41, 5.74) is 7.06. The molecule has 0 radical (unpaired) electrons. The summed E-state index contributed by atoms with van der Waals surface area (Å²) in [6.07, 6.45) is 2.36. The Hall–Kier alpha value is -1.55. The van der Waals surface area contributed by atoms with Crippen molar-refractivity contribution in [2.75, 3.05) is 18.8 Å². The molecule has 0 spiro atoms. The van der Waals surface area contributed by atoms with E-state index >= 15 is 0 Å². The number of rotatable bonds is 1. The van der Waals surface area contributed by atoms with Gasteiger partial charge in [0.25, 0.3) is 5.91 Å². The van der Waals surface area contributed by atoms with Crippen molar-refractivity contribution in [3.63, 3.8) is 0 Å². The van der Waals surface area contributed by atoms with E-state index in [4.69, 9.17) is 5.73 Å². The quantitative estimate of drug-likeness (QED) is 0.704. The maximum Gasteiger partial charge on any atom is 0.256 e. The zero-order chi connectivity index (χ0) is 11.8. The van der Waals surface area contributed by atoms with E-state index in [9.17, 15) is 4.79 Å². The number of amides is 1. The fourth-order valence-electron chi connectivity index (χ4n) is 2.82. The molecule has 4 nitrogen and oxygen atoms in total. The first-order chi connectivity index (χ1) is 8.24. The van der Waals surface area contributed by atoms with Crippen LogP contribution in [0.15, 0.2) is 24.3 Å². The Balaban J connectivity index is 1.81. The Morgan fingerprint density at radius 2 is 1.88 bits per heavy atom. The van der Waals surface area contributed by atoms with Gasteiger partial charge in [-0.15, -0.1) is 0 Å². The minimum atomic E-state index is 0.0708. The summed E-state index contributed by atoms with van der Waals surface area (Å²) in [7, 11) is 0. The fourth-order valence-corrected chi connectivity index (χ4v) is 2.82. The van der Waals surface area contributed by atoms with Gasteiger partial charge in [-0.3, -0.25) is 4.79 Å². The molecular formula is C13H17N3O. The lowest BCUT2D eigenvalue weighted by molar-refractivity contribution is 0.0698. The molecule has 2 saturated heterocycles. The normalized spacial score (nSPS) is 27.2. The van der Waals surface area contributed by atoms with E-state index < -0.39 is 0 Å². The van der Waals surface area contributed by atoms with Crippen molar-refractivity contribution >= 4 is 11.6 Å². The summed E-state index contributed by atoms with van der Waals surface area (Å²) in [5.74, 6) is 0.0708. The van der Waals surface area contributed by atoms with Crippen molar-refractivity contribution in [1.82, 2.24) is 10.2 Å². The maximum atomic E-state index is 12.4. The Bertz CT molecular complexity index is 434. The lowest BCUT2D eigenvalue weighted by Crippen LogP contribution is -2.53. The summed E-state index contributed by atoms with van der Waals surface area (Å²) in [4.78, 5) is 14.3. The molecule has 90 valence electrons. The predicted octanol–water partition coefficient (Wildman–Crippen LogP) is 0.845. The molecule has 3 N–H and O–H groups in total. The Morgan fingerprint density at radius 1 is 1.24 bits per heavy atom. The molecule has 3 rings (SSSR count). The fraction of sp³-hybridized carbons (Fsp3) is 0.462. The molecule has 17 heavy (non-hydrogen) atoms. The zero-order valence-corrected chi connectivity index (χ0v) is 9.73. The second kappa shape index (κ2) is 4.04. The third kappa shape index (κ3) is 1.89. The van der Waals surface area contributed by atoms with Crippen LogP contribution in [0.25, 0.3) is 0 Å². The topological polar surface area (TPSA) is 58.4 Å². The SMILES string of the molecule is Nc1ccccc1C(=O)N1CC2CCC(C1)N2. The summed E-state index contributed by atoms with van der Waals surface area (Å²) in [6, 6.07) is 8.25. The number of anilines is 1. The summed E-state index contributed by atoms with van der Waals surface area (Å²) >= 11 is 0. The minimum Gasteiger partial charge on any atom is -0.398 e. The highest BCUT2D eigenvalue weighted by molar-refractivity contribution is 5.99. The highest BCUT2D eigenvalue weighted by Crippen LogP contribution is 2.22. The van der Waals surface area contributed by atoms with E-state index in [1.807, 2.05) is 23.1 Å². The molecule has 2 fully saturated rings. The second-order valence-electron chi connectivity index (χ2n) is 4.94. The largest absolute Gasteiger partial charge is 0.398 e. The maximum absolute atomic E-state index is 12.4. The molecule has 0 saturated carbocycles. The number of fused-ring (bicyclic) bond motifs is 2. The molecule has 2 heterocycles. The van der Waals surface area contributed by atoms with E-state index in [-0.39, 0.29) is 5.91 Å². The van der Waals surface area contributed by atoms with Gasteiger partial charge in [0, 0.05) is 30.9 Å². The highest BCUT2D eigenvalue weighted by Gasteiger charge is 2.34. The molecule has 2 bridgehead atoms. The zero-order valence-electron chi connectivity index (χ0n) is 9.73. The lowest BCUT2D eigenvalue weighted by atomic mass is 10.1. The Morgan fingerprint density at radius 3 is 2.53 bits per heavy atom. The van der Waals surface area contributed by atoms with E-state index in [1.165, 1.54) is 12.8 Å². The van der Waals surface area contributed by atoms with Gasteiger partial charge in [-0.2, -0.15) is 0 Å². The summed E-state index contributed by atoms with van der Waals surface area (Å²) in [5, 5.41) is 3.52. The van der Waals surface area contributed by atoms with Gasteiger partial charge in [0.05, 0.1) is 5.56 Å². The van der Waals surface area contributed by atoms with Crippen LogP contribution in [-0.4, -0.2) is 36.0 Å². The molecule has 1 aromatic rings. The van der Waals surface area contributed by atoms with E-state index in [0.717, 1.165) is 13.1 Å². The van der Waals surface area contributed by atoms with Crippen LogP contribution in [0, 0.1) is 0 Å². The third-order valence-corrected chi connectivity index (χ3v) is 3.69. The number of nitrogens with two attached hydrogens (primary N) is 1. The van der Waals surface area contributed by atoms with Crippen molar-refractivity contribution < 1.29 is 4.79 Å². The highest BCUT2D eigenvalue weighted by atomic mass is 16.2. The number of hydrogen-bond donors (Lipinski definition) is 2. The van der Waals surface area contributed by atoms with E-state index in [1.54, 1.807) is 6.07 Å². The number of nitrogens with one attached hydrogen (secondary N) is 1. The van der Waals surface area contributed by atoms with Crippen LogP contribution in [0.2, 0.25) is 0 Å². The van der Waals surface area contributed by atoms with Crippen molar-refractivity contribution in [3.8, 4) is 0 Å². The molecule has 0 aliphatic carbocycles. The van der Waals surface area contributed by atoms with Gasteiger partial charge in [0.1, 0.15) is 0 Å². The van der Waals surface area contributed by atoms with Gasteiger partial charge in [-0.05, 0) is 25.0 Å². The first-order valence-electron chi connectivity index (χ1n) is 6.14. The number of nitrogen functional groups attached to an aromatic ring is 1. The number of piperazine rings is 1. The Kier molecular flexibility index (Phi) is 2.52. The van der Waals surface area contributed by atoms with Crippen molar-refractivity contribution in [3.05, 3.63) is 29.8 Å². The number of carbonyl (C=O) groups excluding carboxylic acids is 1. The molecule has 4 heteroatoms. The smallest absolute Gasteiger partial charge is 0.256 e. The molecule has 2 aliphatic rings. The Labute approximate surface area is 101 Å². The minimum absolute atomic E-state index is 0.0708. The van der Waals surface area contributed by atoms with Gasteiger partial charge in [-0.25, -0.2) is 0 Å². The van der Waals surface area contributed by atoms with Crippen LogP contribution < -0.4 is 11.1 Å². The number of carbonyl (C=O) groups is 1. The average Bonchev–Trinajstić information content (AvgIpc) is 2.68. The number of likely N-dealkylation sites (tertiary alicyclic amines) is 1. The van der Waals surface area contributed by atoms with Gasteiger partial charge >= 0.3 is 0 Å². The second-order valence-corrected chi connectivity index (χ2v) is 4.94. The number of benzene rings is 1. The van der Waals surface area contributed by atoms with Crippen LogP contribution in [0.1, 0.15) is 23.2 Å². The predicted molar refractivity (Wildman–Crippen MR) is 66.7 cm³/mol. The molecule has 2 unspecified atom stereocenters. The molecule has 2 aliphatic heterocycles. The molecule has 1 amide bonds. The van der Waals surface area contributed by atoms with Crippen molar-refractivity contribution in [2.24, 2.45) is 0 Å². The van der Waals surface area contributed by atoms with Crippen LogP contribution in [0.3, 0.4) is 0 Å². The molecular weight excluding hydrogens is 214 g/mol. The molecule has 0 aromatic heterocycles. The van der Waals surface area contributed by atoms with Crippen LogP contribution in [0.5, 0.6) is 0 Å². The van der Waals surface area contributed by atoms with Crippen LogP contribution in [-0.2, 0) is 0 Å². The average molecular weight is 231 g/mol. The first kappa shape index (κ1) is 10.6. The van der Waals surface area contributed by atoms with Crippen LogP contribution >= 0.6 is 0 Å². The monoisotopic (exact) mass is 231 g/mol. The summed E-state index contributed by atoms with van der Waals surface area (Å²) < 4.78 is 0. The number of nitrogens with zero attached hydrogens (tertiary/aromatic N) is 1. The van der Waals surface area contributed by atoms with Gasteiger partial charge in [-0.1, -0.05) is 12.1 Å². The van der Waals surface area contributed by atoms with Crippen molar-refractivity contribution in [1.29, 1.82) is 0 Å². The van der Waals surface area contributed by atoms with E-state index in [2.05, 4.69) is 5.32 Å². The van der Waals surface area contributed by atoms with Crippen molar-refractivity contribution in [2.45, 2.75) is 24.9 Å². The number of hydrogen-bond acceptors (Lipinski definition) is 3. The van der Waals surface area contributed by atoms with Gasteiger partial charge in [0.15, 0.2) is 0 Å². The standard InChI is InChI=1S/C13H17N3O/c14-12-4-2-1-3-11(12)13(17)16-7-9-5-6-10(8-16)15-9/h1-4,9-10,15H,5-8,14H2. The van der Waals surface area contributed by atoms with Gasteiger partial charge in [0.2, 0.25) is 0 Å². The van der Waals surface area contributed by atoms with Gasteiger partial charge < -0.3 is 16.0 Å². The van der Waals surface area contributed by atoms with Crippen LogP contribution in [0.4, 0.5) is 5.69 Å². The molecule has 1 aromatic carbocycles. The van der Waals surface area contributed by atoms with E-state index in [0.29, 0.717) is 23.3 Å². The third-order valence-electron chi connectivity index (χ3n) is 3.69. The first-order valence-corrected chi connectivity index (χ1v) is 6.14.